The van der Waals surface area contributed by atoms with Crippen molar-refractivity contribution in [3.8, 4) is 0 Å². The van der Waals surface area contributed by atoms with Gasteiger partial charge in [0, 0.05) is 0 Å². The van der Waals surface area contributed by atoms with Gasteiger partial charge in [0.1, 0.15) is 5.82 Å². The van der Waals surface area contributed by atoms with E-state index < -0.39 is 35.6 Å². The van der Waals surface area contributed by atoms with Crippen molar-refractivity contribution in [3.63, 3.8) is 0 Å². The first kappa shape index (κ1) is 15.8. The van der Waals surface area contributed by atoms with Crippen LogP contribution in [0.25, 0.3) is 0 Å². The number of hydrogen-bond donors (Lipinski definition) is 1. The van der Waals surface area contributed by atoms with E-state index in [1.54, 1.807) is 6.92 Å². The van der Waals surface area contributed by atoms with Crippen LogP contribution in [-0.2, 0) is 6.18 Å². The average Bonchev–Trinajstić information content (AvgIpc) is 2.27. The van der Waals surface area contributed by atoms with Gasteiger partial charge >= 0.3 is 6.18 Å². The van der Waals surface area contributed by atoms with Gasteiger partial charge in [0.15, 0.2) is 0 Å². The van der Waals surface area contributed by atoms with Crippen molar-refractivity contribution in [2.24, 2.45) is 0 Å². The fraction of sp³-hybridized carbons (Fsp3) is 0.500. The molecule has 1 atom stereocenters. The molecule has 0 heterocycles. The van der Waals surface area contributed by atoms with Gasteiger partial charge in [-0.1, -0.05) is 6.92 Å². The third-order valence-corrected chi connectivity index (χ3v) is 2.47. The van der Waals surface area contributed by atoms with Gasteiger partial charge in [-0.2, -0.15) is 13.2 Å². The Morgan fingerprint density at radius 2 is 1.79 bits per heavy atom. The second-order valence-electron chi connectivity index (χ2n) is 4.04. The summed E-state index contributed by atoms with van der Waals surface area (Å²) in [5.74, 6) is -1.19. The van der Waals surface area contributed by atoms with Crippen LogP contribution in [0.15, 0.2) is 18.2 Å². The van der Waals surface area contributed by atoms with Crippen LogP contribution in [0.5, 0.6) is 0 Å². The number of alkyl halides is 5. The largest absolute Gasteiger partial charge is 0.416 e. The van der Waals surface area contributed by atoms with Crippen LogP contribution in [0.1, 0.15) is 30.5 Å². The number of rotatable bonds is 5. The molecule has 1 rings (SSSR count). The molecule has 0 fully saturated rings. The molecule has 0 aliphatic rings. The van der Waals surface area contributed by atoms with Crippen LogP contribution in [0, 0.1) is 5.82 Å². The van der Waals surface area contributed by atoms with E-state index in [0.29, 0.717) is 18.6 Å². The number of halogens is 6. The van der Waals surface area contributed by atoms with E-state index in [0.717, 1.165) is 0 Å². The molecule has 0 radical (unpaired) electrons. The topological polar surface area (TPSA) is 12.0 Å². The molecular formula is C12H13F6N. The van der Waals surface area contributed by atoms with Crippen molar-refractivity contribution in [1.29, 1.82) is 0 Å². The quantitative estimate of drug-likeness (QED) is 0.801. The molecule has 0 bridgehead atoms. The highest BCUT2D eigenvalue weighted by molar-refractivity contribution is 5.29. The Bertz CT molecular complexity index is 415. The minimum Gasteiger partial charge on any atom is -0.305 e. The highest BCUT2D eigenvalue weighted by Gasteiger charge is 2.33. The molecule has 1 aromatic carbocycles. The number of benzene rings is 1. The molecule has 1 aromatic rings. The van der Waals surface area contributed by atoms with Crippen molar-refractivity contribution in [3.05, 3.63) is 35.1 Å². The standard InChI is InChI=1S/C12H13F6N/c1-2-3-19-10(11(14)15)7-4-8(12(16,17)18)6-9(13)5-7/h4-6,10-11,19H,2-3H2,1H3. The maximum Gasteiger partial charge on any atom is 0.416 e. The van der Waals surface area contributed by atoms with Crippen LogP contribution in [-0.4, -0.2) is 13.0 Å². The molecule has 0 spiro atoms. The molecule has 0 aliphatic carbocycles. The summed E-state index contributed by atoms with van der Waals surface area (Å²) in [5.41, 5.74) is -1.68. The molecule has 1 N–H and O–H groups in total. The first-order valence-corrected chi connectivity index (χ1v) is 5.65. The molecule has 108 valence electrons. The monoisotopic (exact) mass is 285 g/mol. The second kappa shape index (κ2) is 6.27. The Labute approximate surface area is 106 Å². The molecule has 0 amide bonds. The zero-order chi connectivity index (χ0) is 14.6. The predicted octanol–water partition coefficient (Wildman–Crippen LogP) is 4.15. The van der Waals surface area contributed by atoms with Crippen molar-refractivity contribution < 1.29 is 26.3 Å². The SMILES string of the molecule is CCCNC(c1cc(F)cc(C(F)(F)F)c1)C(F)F. The lowest BCUT2D eigenvalue weighted by Crippen LogP contribution is -2.28. The Morgan fingerprint density at radius 1 is 1.16 bits per heavy atom. The Morgan fingerprint density at radius 3 is 2.26 bits per heavy atom. The molecular weight excluding hydrogens is 272 g/mol. The molecule has 19 heavy (non-hydrogen) atoms. The highest BCUT2D eigenvalue weighted by atomic mass is 19.4. The predicted molar refractivity (Wildman–Crippen MR) is 58.4 cm³/mol. The zero-order valence-corrected chi connectivity index (χ0v) is 10.1. The van der Waals surface area contributed by atoms with Crippen molar-refractivity contribution in [2.45, 2.75) is 32.0 Å². The van der Waals surface area contributed by atoms with Crippen LogP contribution in [0.2, 0.25) is 0 Å². The molecule has 1 unspecified atom stereocenters. The van der Waals surface area contributed by atoms with Gasteiger partial charge in [0.25, 0.3) is 6.43 Å². The fourth-order valence-electron chi connectivity index (χ4n) is 1.61. The van der Waals surface area contributed by atoms with Crippen LogP contribution in [0.3, 0.4) is 0 Å². The number of hydrogen-bond acceptors (Lipinski definition) is 1. The first-order valence-electron chi connectivity index (χ1n) is 5.65. The van der Waals surface area contributed by atoms with Gasteiger partial charge in [0.2, 0.25) is 0 Å². The molecule has 7 heteroatoms. The summed E-state index contributed by atoms with van der Waals surface area (Å²) in [6.07, 6.45) is -7.16. The normalized spacial score (nSPS) is 13.9. The molecule has 0 aliphatic heterocycles. The smallest absolute Gasteiger partial charge is 0.305 e. The fourth-order valence-corrected chi connectivity index (χ4v) is 1.61. The summed E-state index contributed by atoms with van der Waals surface area (Å²) in [6.45, 7) is 1.93. The van der Waals surface area contributed by atoms with E-state index in [2.05, 4.69) is 5.32 Å². The van der Waals surface area contributed by atoms with E-state index in [-0.39, 0.29) is 12.6 Å². The summed E-state index contributed by atoms with van der Waals surface area (Å²) >= 11 is 0. The van der Waals surface area contributed by atoms with Gasteiger partial charge in [0.05, 0.1) is 11.6 Å². The molecule has 1 nitrogen and oxygen atoms in total. The second-order valence-corrected chi connectivity index (χ2v) is 4.04. The van der Waals surface area contributed by atoms with E-state index in [1.807, 2.05) is 0 Å². The Hall–Kier alpha value is -1.24. The van der Waals surface area contributed by atoms with Gasteiger partial charge < -0.3 is 5.32 Å². The lowest BCUT2D eigenvalue weighted by atomic mass is 10.0. The van der Waals surface area contributed by atoms with Crippen LogP contribution < -0.4 is 5.32 Å². The van der Waals surface area contributed by atoms with Crippen molar-refractivity contribution in [1.82, 2.24) is 5.32 Å². The van der Waals surface area contributed by atoms with Crippen molar-refractivity contribution in [2.75, 3.05) is 6.54 Å². The summed E-state index contributed by atoms with van der Waals surface area (Å²) in [7, 11) is 0. The zero-order valence-electron chi connectivity index (χ0n) is 10.1. The molecule has 0 saturated heterocycles. The third-order valence-electron chi connectivity index (χ3n) is 2.47. The summed E-state index contributed by atoms with van der Waals surface area (Å²) < 4.78 is 76.2. The van der Waals surface area contributed by atoms with E-state index in [4.69, 9.17) is 0 Å². The van der Waals surface area contributed by atoms with Crippen LogP contribution >= 0.6 is 0 Å². The molecule has 0 saturated carbocycles. The van der Waals surface area contributed by atoms with Gasteiger partial charge in [-0.25, -0.2) is 13.2 Å². The summed E-state index contributed by atoms with van der Waals surface area (Å²) in [5, 5.41) is 2.41. The lowest BCUT2D eigenvalue weighted by Gasteiger charge is -2.19. The van der Waals surface area contributed by atoms with E-state index >= 15 is 0 Å². The minimum absolute atomic E-state index is 0.201. The van der Waals surface area contributed by atoms with Gasteiger partial charge in [-0.3, -0.25) is 0 Å². The maximum absolute atomic E-state index is 13.1. The summed E-state index contributed by atoms with van der Waals surface area (Å²) in [4.78, 5) is 0. The van der Waals surface area contributed by atoms with E-state index in [1.165, 1.54) is 0 Å². The highest BCUT2D eigenvalue weighted by Crippen LogP contribution is 2.32. The van der Waals surface area contributed by atoms with Gasteiger partial charge in [-0.05, 0) is 36.7 Å². The average molecular weight is 285 g/mol. The van der Waals surface area contributed by atoms with E-state index in [9.17, 15) is 26.3 Å². The minimum atomic E-state index is -4.77. The lowest BCUT2D eigenvalue weighted by molar-refractivity contribution is -0.137. The van der Waals surface area contributed by atoms with Gasteiger partial charge in [-0.15, -0.1) is 0 Å². The molecule has 0 aromatic heterocycles. The third kappa shape index (κ3) is 4.41. The first-order chi connectivity index (χ1) is 8.75. The summed E-state index contributed by atoms with van der Waals surface area (Å²) in [6, 6.07) is -0.0971. The maximum atomic E-state index is 13.1. The number of nitrogens with one attached hydrogen (secondary N) is 1. The Kier molecular flexibility index (Phi) is 5.22. The Balaban J connectivity index is 3.12. The van der Waals surface area contributed by atoms with Crippen molar-refractivity contribution >= 4 is 0 Å². The van der Waals surface area contributed by atoms with Crippen LogP contribution in [0.4, 0.5) is 26.3 Å².